The number of pyridine rings is 1. The molecule has 2 aromatic rings. The molecule has 0 aliphatic heterocycles. The number of hydrogen-bond acceptors (Lipinski definition) is 5. The predicted molar refractivity (Wildman–Crippen MR) is 103 cm³/mol. The molecular formula is C18H23N5OSi. The third-order valence-electron chi connectivity index (χ3n) is 4.14. The van der Waals surface area contributed by atoms with Gasteiger partial charge in [0.2, 0.25) is 5.91 Å². The fraction of sp³-hybridized carbons (Fsp3) is 0.444. The van der Waals surface area contributed by atoms with Gasteiger partial charge in [0.25, 0.3) is 0 Å². The highest BCUT2D eigenvalue weighted by atomic mass is 28.3. The van der Waals surface area contributed by atoms with Crippen LogP contribution in [0.4, 0.5) is 11.6 Å². The van der Waals surface area contributed by atoms with E-state index in [0.717, 1.165) is 17.4 Å². The Bertz CT molecular complexity index is 894. The minimum atomic E-state index is -1.51. The molecule has 1 amide bonds. The van der Waals surface area contributed by atoms with Crippen LogP contribution in [0, 0.1) is 23.3 Å². The molecule has 1 fully saturated rings. The summed E-state index contributed by atoms with van der Waals surface area (Å²) in [6.45, 7) is 8.66. The first-order valence-electron chi connectivity index (χ1n) is 8.47. The van der Waals surface area contributed by atoms with E-state index >= 15 is 0 Å². The Morgan fingerprint density at radius 2 is 2.04 bits per heavy atom. The highest BCUT2D eigenvalue weighted by Gasteiger charge is 2.39. The first-order chi connectivity index (χ1) is 11.8. The van der Waals surface area contributed by atoms with Gasteiger partial charge >= 0.3 is 0 Å². The van der Waals surface area contributed by atoms with Crippen LogP contribution in [-0.4, -0.2) is 36.2 Å². The molecule has 0 unspecified atom stereocenters. The van der Waals surface area contributed by atoms with Crippen molar-refractivity contribution in [2.45, 2.75) is 33.0 Å². The van der Waals surface area contributed by atoms with Crippen LogP contribution >= 0.6 is 0 Å². The lowest BCUT2D eigenvalue weighted by molar-refractivity contribution is -0.117. The van der Waals surface area contributed by atoms with Crippen LogP contribution in [0.15, 0.2) is 12.3 Å². The molecule has 6 nitrogen and oxygen atoms in total. The highest BCUT2D eigenvalue weighted by Crippen LogP contribution is 2.38. The van der Waals surface area contributed by atoms with E-state index in [9.17, 15) is 4.79 Å². The number of aromatic nitrogens is 3. The zero-order valence-electron chi connectivity index (χ0n) is 15.3. The van der Waals surface area contributed by atoms with E-state index in [2.05, 4.69) is 63.8 Å². The topological polar surface area (TPSA) is 79.8 Å². The van der Waals surface area contributed by atoms with Crippen LogP contribution in [0.2, 0.25) is 19.6 Å². The Balaban J connectivity index is 2.02. The van der Waals surface area contributed by atoms with Gasteiger partial charge in [0.05, 0.1) is 5.56 Å². The fourth-order valence-corrected chi connectivity index (χ4v) is 3.05. The van der Waals surface area contributed by atoms with E-state index in [0.29, 0.717) is 23.1 Å². The number of fused-ring (bicyclic) bond motifs is 1. The van der Waals surface area contributed by atoms with Crippen LogP contribution in [0.25, 0.3) is 10.9 Å². The van der Waals surface area contributed by atoms with Crippen LogP contribution < -0.4 is 10.6 Å². The lowest BCUT2D eigenvalue weighted by atomic mass is 10.1. The third kappa shape index (κ3) is 3.96. The number of nitrogens with one attached hydrogen (secondary N) is 2. The number of carbonyl (C=O) groups excluding carboxylic acids is 1. The fourth-order valence-electron chi connectivity index (χ4n) is 2.54. The van der Waals surface area contributed by atoms with Crippen molar-refractivity contribution in [1.29, 1.82) is 0 Å². The molecule has 25 heavy (non-hydrogen) atoms. The first-order valence-corrected chi connectivity index (χ1v) is 12.0. The average Bonchev–Trinajstić information content (AvgIpc) is 3.28. The van der Waals surface area contributed by atoms with Gasteiger partial charge in [-0.25, -0.2) is 4.98 Å². The van der Waals surface area contributed by atoms with E-state index in [1.807, 2.05) is 6.07 Å². The van der Waals surface area contributed by atoms with Crippen LogP contribution in [-0.2, 0) is 4.79 Å². The van der Waals surface area contributed by atoms with Crippen LogP contribution in [0.3, 0.4) is 0 Å². The van der Waals surface area contributed by atoms with Gasteiger partial charge in [-0.2, -0.15) is 0 Å². The van der Waals surface area contributed by atoms with Crippen molar-refractivity contribution in [3.63, 3.8) is 0 Å². The molecule has 7 heteroatoms. The Morgan fingerprint density at radius 1 is 1.32 bits per heavy atom. The molecule has 1 aliphatic carbocycles. The van der Waals surface area contributed by atoms with E-state index in [4.69, 9.17) is 0 Å². The van der Waals surface area contributed by atoms with Gasteiger partial charge in [-0.15, -0.1) is 15.7 Å². The summed E-state index contributed by atoms with van der Waals surface area (Å²) in [5, 5.41) is 15.1. The van der Waals surface area contributed by atoms with E-state index < -0.39 is 8.07 Å². The maximum absolute atomic E-state index is 12.2. The molecule has 2 N–H and O–H groups in total. The van der Waals surface area contributed by atoms with E-state index in [-0.39, 0.29) is 11.8 Å². The van der Waals surface area contributed by atoms with Gasteiger partial charge in [0, 0.05) is 24.5 Å². The minimum Gasteiger partial charge on any atom is -0.371 e. The summed E-state index contributed by atoms with van der Waals surface area (Å²) in [7, 11) is 0.279. The summed E-state index contributed by atoms with van der Waals surface area (Å²) in [6.07, 6.45) is 2.69. The number of carbonyl (C=O) groups is 1. The zero-order valence-corrected chi connectivity index (χ0v) is 16.3. The molecule has 3 rings (SSSR count). The van der Waals surface area contributed by atoms with Crippen LogP contribution in [0.5, 0.6) is 0 Å². The smallest absolute Gasteiger partial charge is 0.228 e. The summed E-state index contributed by atoms with van der Waals surface area (Å²) < 4.78 is 0. The van der Waals surface area contributed by atoms with E-state index in [1.165, 1.54) is 0 Å². The maximum atomic E-state index is 12.2. The predicted octanol–water partition coefficient (Wildman–Crippen LogP) is 2.89. The van der Waals surface area contributed by atoms with Crippen molar-refractivity contribution in [3.05, 3.63) is 17.8 Å². The van der Waals surface area contributed by atoms with Crippen molar-refractivity contribution < 1.29 is 4.79 Å². The number of nitrogens with zero attached hydrogens (tertiary/aromatic N) is 3. The normalized spacial score (nSPS) is 19.1. The van der Waals surface area contributed by atoms with Gasteiger partial charge in [0.1, 0.15) is 13.6 Å². The number of rotatable bonds is 3. The molecule has 0 spiro atoms. The van der Waals surface area contributed by atoms with Gasteiger partial charge < -0.3 is 10.6 Å². The standard InChI is InChI=1S/C18H23N5OSi/c1-11-8-13(11)18(24)21-15-9-14-12(6-7-25(3,4)5)10-20-17(19-2)16(14)23-22-15/h9-11,13H,8H2,1-5H3,(H,19,20)(H,21,22,24)/t11-,13+/m1/s1. The van der Waals surface area contributed by atoms with Crippen molar-refractivity contribution in [2.75, 3.05) is 17.7 Å². The number of amides is 1. The summed E-state index contributed by atoms with van der Waals surface area (Å²) >= 11 is 0. The summed E-state index contributed by atoms with van der Waals surface area (Å²) in [4.78, 5) is 16.5. The molecule has 2 aromatic heterocycles. The SMILES string of the molecule is CNc1ncc(C#C[Si](C)(C)C)c2cc(NC(=O)[C@H]3C[C@H]3C)nnc12. The Kier molecular flexibility index (Phi) is 4.48. The third-order valence-corrected chi connectivity index (χ3v) is 5.01. The van der Waals surface area contributed by atoms with E-state index in [1.54, 1.807) is 13.2 Å². The largest absolute Gasteiger partial charge is 0.371 e. The summed E-state index contributed by atoms with van der Waals surface area (Å²) in [5.74, 6) is 4.90. The molecule has 0 aromatic carbocycles. The van der Waals surface area contributed by atoms with Crippen molar-refractivity contribution in [2.24, 2.45) is 11.8 Å². The molecule has 1 aliphatic rings. The molecule has 2 heterocycles. The second kappa shape index (κ2) is 6.45. The van der Waals surface area contributed by atoms with Crippen molar-refractivity contribution in [1.82, 2.24) is 15.2 Å². The van der Waals surface area contributed by atoms with Crippen molar-refractivity contribution in [3.8, 4) is 11.5 Å². The van der Waals surface area contributed by atoms with Crippen molar-refractivity contribution >= 4 is 36.5 Å². The zero-order chi connectivity index (χ0) is 18.2. The lowest BCUT2D eigenvalue weighted by Crippen LogP contribution is -2.16. The summed E-state index contributed by atoms with van der Waals surface area (Å²) in [5.41, 5.74) is 4.82. The first kappa shape index (κ1) is 17.4. The number of anilines is 2. The molecule has 0 bridgehead atoms. The minimum absolute atomic E-state index is 0.0128. The lowest BCUT2D eigenvalue weighted by Gasteiger charge is -2.09. The Morgan fingerprint density at radius 3 is 2.64 bits per heavy atom. The molecule has 1 saturated carbocycles. The molecule has 130 valence electrons. The Labute approximate surface area is 148 Å². The van der Waals surface area contributed by atoms with Gasteiger partial charge in [-0.3, -0.25) is 4.79 Å². The summed E-state index contributed by atoms with van der Waals surface area (Å²) in [6, 6.07) is 1.84. The van der Waals surface area contributed by atoms with Gasteiger partial charge in [-0.1, -0.05) is 32.5 Å². The highest BCUT2D eigenvalue weighted by molar-refractivity contribution is 6.83. The molecule has 2 atom stereocenters. The molecule has 0 saturated heterocycles. The average molecular weight is 354 g/mol. The molecular weight excluding hydrogens is 330 g/mol. The second-order valence-corrected chi connectivity index (χ2v) is 12.3. The quantitative estimate of drug-likeness (QED) is 0.655. The Hall–Kier alpha value is -2.46. The van der Waals surface area contributed by atoms with Crippen LogP contribution in [0.1, 0.15) is 18.9 Å². The maximum Gasteiger partial charge on any atom is 0.228 e. The number of hydrogen-bond donors (Lipinski definition) is 2. The monoisotopic (exact) mass is 353 g/mol. The molecule has 0 radical (unpaired) electrons. The second-order valence-electron chi connectivity index (χ2n) is 7.57. The van der Waals surface area contributed by atoms with Gasteiger partial charge in [0.15, 0.2) is 11.6 Å². The van der Waals surface area contributed by atoms with Gasteiger partial charge in [-0.05, 0) is 18.4 Å².